The van der Waals surface area contributed by atoms with Crippen LogP contribution >= 0.6 is 0 Å². The Morgan fingerprint density at radius 2 is 1.39 bits per heavy atom. The van der Waals surface area contributed by atoms with Crippen molar-refractivity contribution in [3.8, 4) is 11.3 Å². The normalized spacial score (nSPS) is 15.8. The Balaban J connectivity index is 1.57. The average Bonchev–Trinajstić information content (AvgIpc) is 3.33. The van der Waals surface area contributed by atoms with Crippen molar-refractivity contribution in [2.45, 2.75) is 16.7 Å². The molecule has 0 atom stereocenters. The van der Waals surface area contributed by atoms with E-state index in [1.807, 2.05) is 0 Å². The highest BCUT2D eigenvalue weighted by atomic mass is 32.2. The van der Waals surface area contributed by atoms with Crippen LogP contribution < -0.4 is 15.3 Å². The molecular weight excluding hydrogens is 468 g/mol. The predicted molar refractivity (Wildman–Crippen MR) is 122 cm³/mol. The van der Waals surface area contributed by atoms with Crippen molar-refractivity contribution in [2.75, 3.05) is 5.01 Å². The van der Waals surface area contributed by atoms with E-state index in [0.717, 1.165) is 5.01 Å². The van der Waals surface area contributed by atoms with E-state index in [0.29, 0.717) is 34.1 Å². The van der Waals surface area contributed by atoms with Gasteiger partial charge < -0.3 is 4.42 Å². The molecule has 0 spiro atoms. The smallest absolute Gasteiger partial charge is 0.280 e. The van der Waals surface area contributed by atoms with Crippen LogP contribution in [-0.4, -0.2) is 28.5 Å². The van der Waals surface area contributed by atoms with Gasteiger partial charge in [-0.25, -0.2) is 27.1 Å². The molecule has 170 valence electrons. The Labute approximate surface area is 189 Å². The largest absolute Gasteiger partial charge is 0.457 e. The van der Waals surface area contributed by atoms with E-state index in [1.54, 1.807) is 37.3 Å². The summed E-state index contributed by atoms with van der Waals surface area (Å²) in [6, 6.07) is 14.7. The first-order valence-electron chi connectivity index (χ1n) is 9.41. The molecule has 0 unspecified atom stereocenters. The van der Waals surface area contributed by atoms with E-state index < -0.39 is 26.0 Å². The molecule has 4 rings (SSSR count). The van der Waals surface area contributed by atoms with Crippen molar-refractivity contribution in [1.82, 2.24) is 0 Å². The number of amides is 1. The lowest BCUT2D eigenvalue weighted by Crippen LogP contribution is -2.21. The van der Waals surface area contributed by atoms with Crippen LogP contribution in [0.4, 0.5) is 5.69 Å². The maximum atomic E-state index is 12.9. The summed E-state index contributed by atoms with van der Waals surface area (Å²) in [6.07, 6.45) is 1.54. The third-order valence-electron chi connectivity index (χ3n) is 4.85. The number of hydrogen-bond acceptors (Lipinski definition) is 7. The summed E-state index contributed by atoms with van der Waals surface area (Å²) < 4.78 is 51.4. The monoisotopic (exact) mass is 486 g/mol. The number of carbonyl (C=O) groups excluding carboxylic acids is 1. The van der Waals surface area contributed by atoms with Gasteiger partial charge in [0.1, 0.15) is 11.5 Å². The number of carbonyl (C=O) groups is 1. The Bertz CT molecular complexity index is 1520. The number of sulfonamides is 2. The van der Waals surface area contributed by atoms with Crippen LogP contribution in [0.2, 0.25) is 0 Å². The molecule has 0 saturated heterocycles. The lowest BCUT2D eigenvalue weighted by molar-refractivity contribution is -0.114. The number of anilines is 1. The van der Waals surface area contributed by atoms with Crippen LogP contribution in [0.25, 0.3) is 17.4 Å². The van der Waals surface area contributed by atoms with Gasteiger partial charge in [-0.15, -0.1) is 0 Å². The molecule has 4 N–H and O–H groups in total. The first-order valence-corrected chi connectivity index (χ1v) is 12.5. The summed E-state index contributed by atoms with van der Waals surface area (Å²) in [4.78, 5) is 12.8. The molecule has 1 aliphatic heterocycles. The van der Waals surface area contributed by atoms with Gasteiger partial charge in [-0.2, -0.15) is 10.1 Å². The zero-order valence-electron chi connectivity index (χ0n) is 17.2. The van der Waals surface area contributed by atoms with Crippen LogP contribution in [0.1, 0.15) is 12.7 Å². The van der Waals surface area contributed by atoms with Gasteiger partial charge in [0.15, 0.2) is 0 Å². The maximum Gasteiger partial charge on any atom is 0.280 e. The van der Waals surface area contributed by atoms with Gasteiger partial charge in [-0.05, 0) is 73.7 Å². The van der Waals surface area contributed by atoms with Gasteiger partial charge in [0.25, 0.3) is 5.91 Å². The summed E-state index contributed by atoms with van der Waals surface area (Å²) in [7, 11) is -7.64. The lowest BCUT2D eigenvalue weighted by atomic mass is 10.1. The van der Waals surface area contributed by atoms with Crippen LogP contribution in [0.15, 0.2) is 85.5 Å². The molecule has 2 heterocycles. The molecule has 1 aromatic heterocycles. The van der Waals surface area contributed by atoms with Gasteiger partial charge in [0, 0.05) is 5.56 Å². The predicted octanol–water partition coefficient (Wildman–Crippen LogP) is 2.05. The third-order valence-corrected chi connectivity index (χ3v) is 6.71. The minimum atomic E-state index is -3.85. The lowest BCUT2D eigenvalue weighted by Gasteiger charge is -2.11. The van der Waals surface area contributed by atoms with Gasteiger partial charge in [-0.3, -0.25) is 4.79 Å². The molecule has 0 radical (unpaired) electrons. The molecule has 0 saturated carbocycles. The van der Waals surface area contributed by atoms with E-state index >= 15 is 0 Å². The van der Waals surface area contributed by atoms with Gasteiger partial charge in [0.05, 0.1) is 26.8 Å². The van der Waals surface area contributed by atoms with Gasteiger partial charge in [0.2, 0.25) is 20.0 Å². The Morgan fingerprint density at radius 1 is 0.848 bits per heavy atom. The number of rotatable bonds is 5. The van der Waals surface area contributed by atoms with Crippen LogP contribution in [0.5, 0.6) is 0 Å². The summed E-state index contributed by atoms with van der Waals surface area (Å²) >= 11 is 0. The van der Waals surface area contributed by atoms with Crippen molar-refractivity contribution >= 4 is 43.4 Å². The summed E-state index contributed by atoms with van der Waals surface area (Å²) in [5.74, 6) is 0.453. The van der Waals surface area contributed by atoms with Crippen molar-refractivity contribution in [3.05, 3.63) is 72.0 Å². The number of hydrazone groups is 1. The minimum Gasteiger partial charge on any atom is -0.457 e. The fraction of sp³-hybridized carbons (Fsp3) is 0.0476. The quantitative estimate of drug-likeness (QED) is 0.524. The van der Waals surface area contributed by atoms with Crippen LogP contribution in [0, 0.1) is 0 Å². The maximum absolute atomic E-state index is 12.9. The van der Waals surface area contributed by atoms with Crippen molar-refractivity contribution in [2.24, 2.45) is 15.4 Å². The molecule has 0 aliphatic carbocycles. The second-order valence-corrected chi connectivity index (χ2v) is 10.3. The van der Waals surface area contributed by atoms with Crippen molar-refractivity contribution < 1.29 is 26.0 Å². The molecule has 0 bridgehead atoms. The number of furan rings is 1. The SMILES string of the molecule is CC1=NN(c2ccc(S(N)(=O)=O)cc2)C(=O)C1=Cc1ccc(-c2ccc(S(N)(=O)=O)cc2)o1. The number of nitrogens with two attached hydrogens (primary N) is 2. The number of primary sulfonamides is 2. The molecule has 10 nitrogen and oxygen atoms in total. The summed E-state index contributed by atoms with van der Waals surface area (Å²) in [5, 5.41) is 15.6. The molecule has 0 fully saturated rings. The zero-order chi connectivity index (χ0) is 24.0. The molecule has 1 aliphatic rings. The highest BCUT2D eigenvalue weighted by Gasteiger charge is 2.29. The highest BCUT2D eigenvalue weighted by Crippen LogP contribution is 2.28. The summed E-state index contributed by atoms with van der Waals surface area (Å²) in [5.41, 5.74) is 1.76. The molecule has 12 heteroatoms. The van der Waals surface area contributed by atoms with Gasteiger partial charge >= 0.3 is 0 Å². The minimum absolute atomic E-state index is 0.0132. The first-order chi connectivity index (χ1) is 15.4. The standard InChI is InChI=1S/C21H18N4O6S2/c1-13-19(21(26)25(24-13)15-4-9-18(10-5-15)33(23,29)30)12-16-6-11-20(31-16)14-2-7-17(8-3-14)32(22,27)28/h2-12H,1H3,(H2,22,27,28)(H2,23,29,30). The van der Waals surface area contributed by atoms with Crippen molar-refractivity contribution in [3.63, 3.8) is 0 Å². The number of hydrogen-bond donors (Lipinski definition) is 2. The van der Waals surface area contributed by atoms with Crippen LogP contribution in [0.3, 0.4) is 0 Å². The Hall–Kier alpha value is -3.58. The van der Waals surface area contributed by atoms with Crippen molar-refractivity contribution in [1.29, 1.82) is 0 Å². The van der Waals surface area contributed by atoms with E-state index in [2.05, 4.69) is 5.10 Å². The molecule has 1 amide bonds. The Kier molecular flexibility index (Phi) is 5.54. The Morgan fingerprint density at radius 3 is 1.94 bits per heavy atom. The third kappa shape index (κ3) is 4.64. The van der Waals surface area contributed by atoms with E-state index in [9.17, 15) is 21.6 Å². The zero-order valence-corrected chi connectivity index (χ0v) is 18.8. The van der Waals surface area contributed by atoms with E-state index in [4.69, 9.17) is 14.7 Å². The van der Waals surface area contributed by atoms with Gasteiger partial charge in [-0.1, -0.05) is 0 Å². The second-order valence-electron chi connectivity index (χ2n) is 7.17. The fourth-order valence-electron chi connectivity index (χ4n) is 3.17. The molecule has 2 aromatic carbocycles. The topological polar surface area (TPSA) is 166 Å². The molecule has 33 heavy (non-hydrogen) atoms. The number of benzene rings is 2. The fourth-order valence-corrected chi connectivity index (χ4v) is 4.20. The van der Waals surface area contributed by atoms with E-state index in [1.165, 1.54) is 36.4 Å². The molecular formula is C21H18N4O6S2. The molecule has 3 aromatic rings. The highest BCUT2D eigenvalue weighted by molar-refractivity contribution is 7.89. The summed E-state index contributed by atoms with van der Waals surface area (Å²) in [6.45, 7) is 1.66. The van der Waals surface area contributed by atoms with Crippen LogP contribution in [-0.2, 0) is 24.8 Å². The average molecular weight is 487 g/mol. The van der Waals surface area contributed by atoms with E-state index in [-0.39, 0.29) is 9.79 Å². The first kappa shape index (κ1) is 22.6. The second kappa shape index (κ2) is 8.08. The number of nitrogens with zero attached hydrogens (tertiary/aromatic N) is 2.